The van der Waals surface area contributed by atoms with E-state index >= 15 is 0 Å². The van der Waals surface area contributed by atoms with Crippen molar-refractivity contribution in [2.75, 3.05) is 0 Å². The van der Waals surface area contributed by atoms with Gasteiger partial charge in [0.2, 0.25) is 23.3 Å². The Labute approximate surface area is 217 Å². The van der Waals surface area contributed by atoms with Crippen LogP contribution in [0.4, 0.5) is 17.6 Å². The minimum Gasteiger partial charge on any atom is -0.420 e. The van der Waals surface area contributed by atoms with Gasteiger partial charge < -0.3 is 10.1 Å². The van der Waals surface area contributed by atoms with Gasteiger partial charge in [-0.25, -0.2) is 8.78 Å². The number of hydrogen-bond acceptors (Lipinski definition) is 3. The third kappa shape index (κ3) is 7.47. The second kappa shape index (κ2) is 13.6. The van der Waals surface area contributed by atoms with Gasteiger partial charge in [0.05, 0.1) is 5.92 Å². The van der Waals surface area contributed by atoms with Gasteiger partial charge in [0, 0.05) is 17.5 Å². The molecule has 1 N–H and O–H groups in total. The first-order chi connectivity index (χ1) is 17.7. The molecule has 0 aromatic heterocycles. The fourth-order valence-electron chi connectivity index (χ4n) is 5.99. The predicted octanol–water partition coefficient (Wildman–Crippen LogP) is 7.77. The monoisotopic (exact) mass is 527 g/mol. The summed E-state index contributed by atoms with van der Waals surface area (Å²) in [4.78, 5) is 26.0. The molecule has 2 bridgehead atoms. The highest BCUT2D eigenvalue weighted by molar-refractivity contribution is 5.81. The van der Waals surface area contributed by atoms with Gasteiger partial charge in [0.15, 0.2) is 11.6 Å². The van der Waals surface area contributed by atoms with Gasteiger partial charge in [0.25, 0.3) is 0 Å². The van der Waals surface area contributed by atoms with E-state index in [1.54, 1.807) is 0 Å². The maximum absolute atomic E-state index is 14.0. The number of carbonyl (C=O) groups excluding carboxylic acids is 2. The molecule has 0 spiro atoms. The quantitative estimate of drug-likeness (QED) is 0.0785. The number of carbonyl (C=O) groups is 2. The Morgan fingerprint density at radius 1 is 0.865 bits per heavy atom. The first-order valence-corrected chi connectivity index (χ1v) is 14.1. The summed E-state index contributed by atoms with van der Waals surface area (Å²) in [5.74, 6) is -9.84. The normalized spacial score (nSPS) is 23.0. The summed E-state index contributed by atoms with van der Waals surface area (Å²) in [5.41, 5.74) is -0.529. The average molecular weight is 528 g/mol. The van der Waals surface area contributed by atoms with Crippen molar-refractivity contribution in [2.45, 2.75) is 116 Å². The van der Waals surface area contributed by atoms with Crippen molar-refractivity contribution >= 4 is 11.9 Å². The smallest absolute Gasteiger partial charge is 0.314 e. The Hall–Kier alpha value is -2.12. The van der Waals surface area contributed by atoms with Crippen molar-refractivity contribution in [2.24, 2.45) is 17.8 Å². The molecule has 0 aliphatic heterocycles. The van der Waals surface area contributed by atoms with Gasteiger partial charge >= 0.3 is 5.97 Å². The number of fused-ring (bicyclic) bond motifs is 1. The van der Waals surface area contributed by atoms with E-state index in [0.717, 1.165) is 51.4 Å². The van der Waals surface area contributed by atoms with E-state index in [0.29, 0.717) is 19.3 Å². The van der Waals surface area contributed by atoms with Gasteiger partial charge in [-0.3, -0.25) is 9.59 Å². The average Bonchev–Trinajstić information content (AvgIpc) is 3.39. The summed E-state index contributed by atoms with van der Waals surface area (Å²) >= 11 is 0. The lowest BCUT2D eigenvalue weighted by Crippen LogP contribution is -2.53. The van der Waals surface area contributed by atoms with Crippen LogP contribution in [-0.2, 0) is 9.59 Å². The second-order valence-electron chi connectivity index (χ2n) is 11.1. The number of rotatable bonds is 16. The molecule has 8 heteroatoms. The number of benzene rings is 1. The Morgan fingerprint density at radius 3 is 1.95 bits per heavy atom. The summed E-state index contributed by atoms with van der Waals surface area (Å²) < 4.78 is 59.7. The fraction of sp³-hybridized carbons (Fsp3) is 0.724. The third-order valence-corrected chi connectivity index (χ3v) is 8.13. The van der Waals surface area contributed by atoms with Crippen molar-refractivity contribution < 1.29 is 31.9 Å². The molecule has 0 saturated heterocycles. The maximum atomic E-state index is 14.0. The van der Waals surface area contributed by atoms with E-state index < -0.39 is 46.4 Å². The van der Waals surface area contributed by atoms with E-state index in [4.69, 9.17) is 4.74 Å². The number of esters is 1. The third-order valence-electron chi connectivity index (χ3n) is 8.13. The van der Waals surface area contributed by atoms with Gasteiger partial charge in [0.1, 0.15) is 0 Å². The molecule has 4 nitrogen and oxygen atoms in total. The Bertz CT molecular complexity index is 906. The molecule has 37 heavy (non-hydrogen) atoms. The zero-order chi connectivity index (χ0) is 27.0. The summed E-state index contributed by atoms with van der Waals surface area (Å²) in [7, 11) is 0. The van der Waals surface area contributed by atoms with Crippen LogP contribution in [0.3, 0.4) is 0 Å². The lowest BCUT2D eigenvalue weighted by atomic mass is 9.75. The Morgan fingerprint density at radius 2 is 1.38 bits per heavy atom. The lowest BCUT2D eigenvalue weighted by molar-refractivity contribution is -0.140. The highest BCUT2D eigenvalue weighted by atomic mass is 19.2. The topological polar surface area (TPSA) is 55.4 Å². The maximum Gasteiger partial charge on any atom is 0.314 e. The molecular weight excluding hydrogens is 486 g/mol. The predicted molar refractivity (Wildman–Crippen MR) is 134 cm³/mol. The molecule has 2 atom stereocenters. The summed E-state index contributed by atoms with van der Waals surface area (Å²) in [6, 6.07) is 0.0723. The first kappa shape index (κ1) is 29.4. The van der Waals surface area contributed by atoms with E-state index in [9.17, 15) is 27.2 Å². The van der Waals surface area contributed by atoms with E-state index in [-0.39, 0.29) is 23.8 Å². The van der Waals surface area contributed by atoms with Gasteiger partial charge in [-0.2, -0.15) is 8.78 Å². The van der Waals surface area contributed by atoms with E-state index in [1.165, 1.54) is 25.7 Å². The second-order valence-corrected chi connectivity index (χ2v) is 11.1. The highest BCUT2D eigenvalue weighted by Crippen LogP contribution is 2.56. The molecule has 3 aliphatic carbocycles. The largest absolute Gasteiger partial charge is 0.420 e. The van der Waals surface area contributed by atoms with Crippen LogP contribution in [0.25, 0.3) is 0 Å². The minimum atomic E-state index is -1.73. The fourth-order valence-corrected chi connectivity index (χ4v) is 5.99. The zero-order valence-corrected chi connectivity index (χ0v) is 22.2. The van der Waals surface area contributed by atoms with Gasteiger partial charge in [-0.05, 0) is 38.0 Å². The van der Waals surface area contributed by atoms with E-state index in [1.807, 2.05) is 0 Å². The van der Waals surface area contributed by atoms with Crippen LogP contribution in [-0.4, -0.2) is 17.4 Å². The molecule has 1 unspecified atom stereocenters. The molecule has 3 aliphatic rings. The number of amides is 1. The van der Waals surface area contributed by atoms with Crippen LogP contribution in [0, 0.1) is 41.0 Å². The number of hydrogen-bond donors (Lipinski definition) is 1. The molecule has 1 amide bonds. The number of ether oxygens (including phenoxy) is 1. The highest BCUT2D eigenvalue weighted by Gasteiger charge is 2.59. The van der Waals surface area contributed by atoms with Crippen molar-refractivity contribution in [1.82, 2.24) is 5.32 Å². The van der Waals surface area contributed by atoms with E-state index in [2.05, 4.69) is 19.2 Å². The van der Waals surface area contributed by atoms with Gasteiger partial charge in [-0.1, -0.05) is 78.1 Å². The number of nitrogens with one attached hydrogen (secondary N) is 1. The molecule has 208 valence electrons. The molecule has 1 aromatic carbocycles. The van der Waals surface area contributed by atoms with Crippen LogP contribution < -0.4 is 10.1 Å². The Kier molecular flexibility index (Phi) is 10.8. The lowest BCUT2D eigenvalue weighted by Gasteiger charge is -2.40. The van der Waals surface area contributed by atoms with Crippen molar-refractivity contribution in [1.29, 1.82) is 0 Å². The number of unbranched alkanes of at least 4 members (excludes halogenated alkanes) is 8. The molecule has 4 rings (SSSR count). The van der Waals surface area contributed by atoms with Crippen LogP contribution in [0.15, 0.2) is 6.07 Å². The minimum absolute atomic E-state index is 0.0156. The molecule has 3 fully saturated rings. The zero-order valence-electron chi connectivity index (χ0n) is 22.2. The Balaban J connectivity index is 1.56. The summed E-state index contributed by atoms with van der Waals surface area (Å²) in [5, 5.41) is 3.20. The molecule has 0 radical (unpaired) electrons. The van der Waals surface area contributed by atoms with Crippen molar-refractivity contribution in [3.63, 3.8) is 0 Å². The molecule has 1 aromatic rings. The standard InChI is InChI=1S/C29H41F4NO3/c1-3-5-7-9-10-12-14-19(13-11-8-6-4-2)27(35)34-29-16-20(17-29)21(18-29)28(36)37-26-24(32)22(30)15-23(31)25(26)33/h15,19-21H,3-14,16-18H2,1-2H3,(H,34,35)/t19?,20?,21-,29?/m0/s1. The molecular formula is C29H41F4NO3. The molecule has 0 heterocycles. The van der Waals surface area contributed by atoms with Crippen LogP contribution >= 0.6 is 0 Å². The first-order valence-electron chi connectivity index (χ1n) is 14.1. The van der Waals surface area contributed by atoms with Crippen LogP contribution in [0.1, 0.15) is 110 Å². The van der Waals surface area contributed by atoms with Gasteiger partial charge in [-0.15, -0.1) is 0 Å². The van der Waals surface area contributed by atoms with Crippen molar-refractivity contribution in [3.8, 4) is 5.75 Å². The summed E-state index contributed by atoms with van der Waals surface area (Å²) in [6.07, 6.45) is 14.5. The summed E-state index contributed by atoms with van der Waals surface area (Å²) in [6.45, 7) is 4.34. The van der Waals surface area contributed by atoms with Crippen molar-refractivity contribution in [3.05, 3.63) is 29.3 Å². The van der Waals surface area contributed by atoms with Crippen LogP contribution in [0.5, 0.6) is 5.75 Å². The molecule has 3 saturated carbocycles. The SMILES string of the molecule is CCCCCCCCC(CCCCCC)C(=O)NC12CC(C1)[C@@H](C(=O)Oc1c(F)c(F)cc(F)c1F)C2. The number of halogens is 4. The van der Waals surface area contributed by atoms with Crippen LogP contribution in [0.2, 0.25) is 0 Å².